The van der Waals surface area contributed by atoms with Crippen LogP contribution in [0.25, 0.3) is 11.4 Å². The van der Waals surface area contributed by atoms with Crippen molar-refractivity contribution in [1.82, 2.24) is 19.5 Å². The van der Waals surface area contributed by atoms with E-state index in [0.29, 0.717) is 25.3 Å². The molecule has 1 unspecified atom stereocenters. The van der Waals surface area contributed by atoms with Crippen molar-refractivity contribution in [3.63, 3.8) is 0 Å². The molecule has 1 aromatic carbocycles. The number of benzene rings is 1. The fourth-order valence-corrected chi connectivity index (χ4v) is 3.19. The normalized spacial score (nSPS) is 13.2. The number of hydrogen-bond acceptors (Lipinski definition) is 5. The molecule has 0 aliphatic heterocycles. The zero-order valence-electron chi connectivity index (χ0n) is 13.3. The maximum absolute atomic E-state index is 12.1. The second-order valence-electron chi connectivity index (χ2n) is 5.25. The van der Waals surface area contributed by atoms with E-state index >= 15 is 0 Å². The first-order chi connectivity index (χ1) is 11.0. The van der Waals surface area contributed by atoms with E-state index in [1.165, 1.54) is 6.33 Å². The van der Waals surface area contributed by atoms with Crippen molar-refractivity contribution in [2.24, 2.45) is 0 Å². The standard InChI is InChI=1S/C15H22N4O3S/c1-3-9-18-23(21,22)14-7-5-12(6-8-14)15-16-11-17-19(15)10-13(20)4-2/h5-8,11,13,18,20H,3-4,9-10H2,1-2H3. The van der Waals surface area contributed by atoms with Crippen molar-refractivity contribution >= 4 is 10.0 Å². The van der Waals surface area contributed by atoms with Gasteiger partial charge in [-0.15, -0.1) is 0 Å². The molecule has 1 heterocycles. The Bertz CT molecular complexity index is 725. The number of aromatic nitrogens is 3. The number of nitrogens with one attached hydrogen (secondary N) is 1. The fourth-order valence-electron chi connectivity index (χ4n) is 2.05. The van der Waals surface area contributed by atoms with Crippen LogP contribution >= 0.6 is 0 Å². The van der Waals surface area contributed by atoms with Crippen LogP contribution in [-0.2, 0) is 16.6 Å². The Morgan fingerprint density at radius 2 is 1.96 bits per heavy atom. The third-order valence-corrected chi connectivity index (χ3v) is 4.91. The van der Waals surface area contributed by atoms with Crippen LogP contribution in [0.2, 0.25) is 0 Å². The molecule has 0 aliphatic rings. The lowest BCUT2D eigenvalue weighted by atomic mass is 10.2. The van der Waals surface area contributed by atoms with E-state index in [4.69, 9.17) is 0 Å². The molecule has 0 bridgehead atoms. The lowest BCUT2D eigenvalue weighted by Gasteiger charge is -2.11. The summed E-state index contributed by atoms with van der Waals surface area (Å²) in [4.78, 5) is 4.41. The van der Waals surface area contributed by atoms with Gasteiger partial charge in [0.05, 0.1) is 17.5 Å². The number of hydrogen-bond donors (Lipinski definition) is 2. The highest BCUT2D eigenvalue weighted by atomic mass is 32.2. The summed E-state index contributed by atoms with van der Waals surface area (Å²) in [6, 6.07) is 6.48. The molecule has 1 aromatic heterocycles. The van der Waals surface area contributed by atoms with Gasteiger partial charge in [0.15, 0.2) is 5.82 Å². The van der Waals surface area contributed by atoms with Gasteiger partial charge < -0.3 is 5.11 Å². The Kier molecular flexibility index (Phi) is 5.86. The van der Waals surface area contributed by atoms with E-state index in [0.717, 1.165) is 12.0 Å². The molecular formula is C15H22N4O3S. The van der Waals surface area contributed by atoms with Crippen molar-refractivity contribution in [2.45, 2.75) is 44.2 Å². The van der Waals surface area contributed by atoms with E-state index in [-0.39, 0.29) is 4.90 Å². The van der Waals surface area contributed by atoms with Crippen LogP contribution in [0.3, 0.4) is 0 Å². The first-order valence-electron chi connectivity index (χ1n) is 7.64. The van der Waals surface area contributed by atoms with Crippen LogP contribution in [0.1, 0.15) is 26.7 Å². The molecule has 2 aromatic rings. The molecule has 0 amide bonds. The molecule has 23 heavy (non-hydrogen) atoms. The van der Waals surface area contributed by atoms with E-state index in [9.17, 15) is 13.5 Å². The van der Waals surface area contributed by atoms with Gasteiger partial charge in [-0.05, 0) is 37.1 Å². The van der Waals surface area contributed by atoms with E-state index in [2.05, 4.69) is 14.8 Å². The SMILES string of the molecule is CCCNS(=O)(=O)c1ccc(-c2ncnn2CC(O)CC)cc1. The van der Waals surface area contributed by atoms with Crippen LogP contribution in [-0.4, -0.2) is 40.9 Å². The first kappa shape index (κ1) is 17.6. The largest absolute Gasteiger partial charge is 0.391 e. The summed E-state index contributed by atoms with van der Waals surface area (Å²) in [7, 11) is -3.47. The predicted molar refractivity (Wildman–Crippen MR) is 87.2 cm³/mol. The summed E-state index contributed by atoms with van der Waals surface area (Å²) < 4.78 is 28.3. The van der Waals surface area contributed by atoms with Gasteiger partial charge >= 0.3 is 0 Å². The third-order valence-electron chi connectivity index (χ3n) is 3.44. The van der Waals surface area contributed by atoms with Gasteiger partial charge in [0.1, 0.15) is 6.33 Å². The average Bonchev–Trinajstić information content (AvgIpc) is 3.01. The van der Waals surface area contributed by atoms with Crippen LogP contribution in [0, 0.1) is 0 Å². The van der Waals surface area contributed by atoms with Gasteiger partial charge in [-0.3, -0.25) is 0 Å². The minimum atomic E-state index is -3.47. The number of nitrogens with zero attached hydrogens (tertiary/aromatic N) is 3. The highest BCUT2D eigenvalue weighted by Crippen LogP contribution is 2.19. The first-order valence-corrected chi connectivity index (χ1v) is 9.12. The molecule has 0 aliphatic carbocycles. The average molecular weight is 338 g/mol. The molecule has 1 atom stereocenters. The van der Waals surface area contributed by atoms with Crippen molar-refractivity contribution in [1.29, 1.82) is 0 Å². The van der Waals surface area contributed by atoms with Gasteiger partial charge in [0, 0.05) is 12.1 Å². The molecule has 7 nitrogen and oxygen atoms in total. The second-order valence-corrected chi connectivity index (χ2v) is 7.02. The summed E-state index contributed by atoms with van der Waals surface area (Å²) in [5.74, 6) is 0.600. The Hall–Kier alpha value is -1.77. The zero-order chi connectivity index (χ0) is 16.9. The molecule has 0 spiro atoms. The molecule has 2 rings (SSSR count). The lowest BCUT2D eigenvalue weighted by molar-refractivity contribution is 0.146. The number of aliphatic hydroxyl groups excluding tert-OH is 1. The van der Waals surface area contributed by atoms with Crippen molar-refractivity contribution in [3.05, 3.63) is 30.6 Å². The molecular weight excluding hydrogens is 316 g/mol. The number of sulfonamides is 1. The Labute approximate surface area is 136 Å². The Morgan fingerprint density at radius 3 is 2.57 bits per heavy atom. The second kappa shape index (κ2) is 7.67. The lowest BCUT2D eigenvalue weighted by Crippen LogP contribution is -2.24. The summed E-state index contributed by atoms with van der Waals surface area (Å²) >= 11 is 0. The van der Waals surface area contributed by atoms with Crippen LogP contribution in [0.15, 0.2) is 35.5 Å². The van der Waals surface area contributed by atoms with E-state index in [1.54, 1.807) is 28.9 Å². The van der Waals surface area contributed by atoms with Crippen LogP contribution in [0.4, 0.5) is 0 Å². The number of rotatable bonds is 8. The van der Waals surface area contributed by atoms with Gasteiger partial charge in [-0.25, -0.2) is 22.8 Å². The summed E-state index contributed by atoms with van der Waals surface area (Å²) in [5, 5.41) is 13.9. The summed E-state index contributed by atoms with van der Waals surface area (Å²) in [6.45, 7) is 4.56. The quantitative estimate of drug-likeness (QED) is 0.758. The van der Waals surface area contributed by atoms with Crippen LogP contribution < -0.4 is 4.72 Å². The minimum Gasteiger partial charge on any atom is -0.391 e. The molecule has 8 heteroatoms. The fraction of sp³-hybridized carbons (Fsp3) is 0.467. The maximum atomic E-state index is 12.1. The zero-order valence-corrected chi connectivity index (χ0v) is 14.1. The van der Waals surface area contributed by atoms with Gasteiger partial charge in [-0.1, -0.05) is 13.8 Å². The monoisotopic (exact) mass is 338 g/mol. The molecule has 0 radical (unpaired) electrons. The Morgan fingerprint density at radius 1 is 1.26 bits per heavy atom. The van der Waals surface area contributed by atoms with Crippen molar-refractivity contribution in [3.8, 4) is 11.4 Å². The highest BCUT2D eigenvalue weighted by Gasteiger charge is 2.15. The summed E-state index contributed by atoms with van der Waals surface area (Å²) in [6.07, 6.45) is 2.29. The Balaban J connectivity index is 2.22. The summed E-state index contributed by atoms with van der Waals surface area (Å²) in [5.41, 5.74) is 0.750. The van der Waals surface area contributed by atoms with Crippen molar-refractivity contribution in [2.75, 3.05) is 6.54 Å². The third kappa shape index (κ3) is 4.37. The molecule has 126 valence electrons. The minimum absolute atomic E-state index is 0.217. The highest BCUT2D eigenvalue weighted by molar-refractivity contribution is 7.89. The van der Waals surface area contributed by atoms with Gasteiger partial charge in [0.25, 0.3) is 0 Å². The molecule has 2 N–H and O–H groups in total. The van der Waals surface area contributed by atoms with Gasteiger partial charge in [0.2, 0.25) is 10.0 Å². The molecule has 0 fully saturated rings. The molecule has 0 saturated carbocycles. The molecule has 0 saturated heterocycles. The van der Waals surface area contributed by atoms with E-state index in [1.807, 2.05) is 13.8 Å². The topological polar surface area (TPSA) is 97.1 Å². The smallest absolute Gasteiger partial charge is 0.240 e. The van der Waals surface area contributed by atoms with Crippen molar-refractivity contribution < 1.29 is 13.5 Å². The van der Waals surface area contributed by atoms with Gasteiger partial charge in [-0.2, -0.15) is 5.10 Å². The predicted octanol–water partition coefficient (Wildman–Crippen LogP) is 1.40. The number of aliphatic hydroxyl groups is 1. The van der Waals surface area contributed by atoms with E-state index < -0.39 is 16.1 Å². The van der Waals surface area contributed by atoms with Crippen LogP contribution in [0.5, 0.6) is 0 Å². The maximum Gasteiger partial charge on any atom is 0.240 e.